The van der Waals surface area contributed by atoms with Gasteiger partial charge in [-0.2, -0.15) is 0 Å². The molecular weight excluding hydrogens is 352 g/mol. The molecule has 4 aliphatic rings. The van der Waals surface area contributed by atoms with Crippen LogP contribution in [0, 0.1) is 46.3 Å². The van der Waals surface area contributed by atoms with E-state index in [4.69, 9.17) is 5.11 Å². The molecule has 4 fully saturated rings. The van der Waals surface area contributed by atoms with Crippen molar-refractivity contribution < 1.29 is 19.8 Å². The summed E-state index contributed by atoms with van der Waals surface area (Å²) < 4.78 is 0. The van der Waals surface area contributed by atoms with E-state index in [1.165, 1.54) is 19.3 Å². The highest BCUT2D eigenvalue weighted by atomic mass is 16.4. The highest BCUT2D eigenvalue weighted by molar-refractivity contribution is 5.79. The van der Waals surface area contributed by atoms with Crippen LogP contribution in [0.3, 0.4) is 0 Å². The molecule has 4 saturated carbocycles. The molecule has 158 valence electrons. The van der Waals surface area contributed by atoms with Gasteiger partial charge in [-0.1, -0.05) is 20.8 Å². The lowest BCUT2D eigenvalue weighted by Crippen LogP contribution is -2.58. The summed E-state index contributed by atoms with van der Waals surface area (Å²) in [5, 5.41) is 20.3. The lowest BCUT2D eigenvalue weighted by molar-refractivity contribution is -0.169. The van der Waals surface area contributed by atoms with Gasteiger partial charge in [0, 0.05) is 19.3 Å². The molecular formula is C24H38O4. The highest BCUT2D eigenvalue weighted by Crippen LogP contribution is 2.68. The maximum atomic E-state index is 12.1. The molecule has 0 amide bonds. The number of hydrogen-bond donors (Lipinski definition) is 2. The molecule has 9 atom stereocenters. The van der Waals surface area contributed by atoms with E-state index in [1.807, 2.05) is 0 Å². The van der Waals surface area contributed by atoms with Crippen molar-refractivity contribution in [3.63, 3.8) is 0 Å². The van der Waals surface area contributed by atoms with Gasteiger partial charge < -0.3 is 10.2 Å². The number of carboxylic acids is 1. The zero-order valence-electron chi connectivity index (χ0n) is 17.8. The zero-order valence-corrected chi connectivity index (χ0v) is 17.8. The molecule has 0 aromatic heterocycles. The Hall–Kier alpha value is -0.900. The number of aliphatic carboxylic acids is 1. The second kappa shape index (κ2) is 7.11. The van der Waals surface area contributed by atoms with Crippen LogP contribution in [0.15, 0.2) is 0 Å². The molecule has 0 heterocycles. The topological polar surface area (TPSA) is 74.6 Å². The van der Waals surface area contributed by atoms with Crippen LogP contribution in [0.4, 0.5) is 0 Å². The molecule has 28 heavy (non-hydrogen) atoms. The number of Topliss-reactive ketones (excluding diaryl/α,β-unsaturated/α-hetero) is 1. The molecule has 5 unspecified atom stereocenters. The smallest absolute Gasteiger partial charge is 0.303 e. The van der Waals surface area contributed by atoms with Crippen molar-refractivity contribution in [1.82, 2.24) is 0 Å². The molecule has 0 saturated heterocycles. The average molecular weight is 391 g/mol. The van der Waals surface area contributed by atoms with Gasteiger partial charge in [0.15, 0.2) is 0 Å². The summed E-state index contributed by atoms with van der Waals surface area (Å²) in [6, 6.07) is 0. The Kier molecular flexibility index (Phi) is 5.17. The number of aliphatic hydroxyl groups excluding tert-OH is 1. The number of aliphatic hydroxyl groups is 1. The molecule has 0 aromatic carbocycles. The zero-order chi connectivity index (χ0) is 20.3. The van der Waals surface area contributed by atoms with Crippen LogP contribution in [0.5, 0.6) is 0 Å². The van der Waals surface area contributed by atoms with Crippen LogP contribution in [0.1, 0.15) is 85.0 Å². The first-order valence-corrected chi connectivity index (χ1v) is 11.6. The predicted octanol–water partition coefficient (Wildman–Crippen LogP) is 4.69. The molecule has 4 heteroatoms. The summed E-state index contributed by atoms with van der Waals surface area (Å²) in [5.41, 5.74) is 0.444. The molecule has 2 N–H and O–H groups in total. The first kappa shape index (κ1) is 20.4. The Morgan fingerprint density at radius 2 is 1.86 bits per heavy atom. The van der Waals surface area contributed by atoms with Crippen molar-refractivity contribution in [2.75, 3.05) is 0 Å². The molecule has 4 aliphatic carbocycles. The summed E-state index contributed by atoms with van der Waals surface area (Å²) >= 11 is 0. The molecule has 4 nitrogen and oxygen atoms in total. The van der Waals surface area contributed by atoms with Crippen LogP contribution >= 0.6 is 0 Å². The van der Waals surface area contributed by atoms with Gasteiger partial charge in [0.25, 0.3) is 0 Å². The number of hydrogen-bond acceptors (Lipinski definition) is 3. The molecule has 0 spiro atoms. The van der Waals surface area contributed by atoms with Crippen molar-refractivity contribution in [3.8, 4) is 0 Å². The second-order valence-electron chi connectivity index (χ2n) is 11.2. The van der Waals surface area contributed by atoms with Crippen molar-refractivity contribution in [2.24, 2.45) is 46.3 Å². The largest absolute Gasteiger partial charge is 0.481 e. The van der Waals surface area contributed by atoms with Crippen LogP contribution in [-0.4, -0.2) is 28.1 Å². The van der Waals surface area contributed by atoms with Crippen molar-refractivity contribution >= 4 is 11.8 Å². The van der Waals surface area contributed by atoms with Gasteiger partial charge in [-0.15, -0.1) is 0 Å². The van der Waals surface area contributed by atoms with Gasteiger partial charge in [0.2, 0.25) is 0 Å². The minimum Gasteiger partial charge on any atom is -0.481 e. The van der Waals surface area contributed by atoms with Gasteiger partial charge in [0.1, 0.15) is 5.78 Å². The first-order valence-electron chi connectivity index (χ1n) is 11.6. The minimum absolute atomic E-state index is 0.214. The maximum absolute atomic E-state index is 12.1. The fourth-order valence-corrected chi connectivity index (χ4v) is 8.54. The second-order valence-corrected chi connectivity index (χ2v) is 11.2. The van der Waals surface area contributed by atoms with Crippen LogP contribution in [0.25, 0.3) is 0 Å². The van der Waals surface area contributed by atoms with Gasteiger partial charge in [0.05, 0.1) is 6.10 Å². The minimum atomic E-state index is -0.691. The highest BCUT2D eigenvalue weighted by Gasteiger charge is 2.62. The van der Waals surface area contributed by atoms with Crippen LogP contribution in [-0.2, 0) is 9.59 Å². The van der Waals surface area contributed by atoms with Gasteiger partial charge >= 0.3 is 5.97 Å². The Balaban J connectivity index is 1.56. The normalized spacial score (nSPS) is 49.1. The Morgan fingerprint density at radius 3 is 2.57 bits per heavy atom. The number of carboxylic acid groups (broad SMARTS) is 1. The third-order valence-electron chi connectivity index (χ3n) is 10.1. The molecule has 4 rings (SSSR count). The van der Waals surface area contributed by atoms with E-state index < -0.39 is 5.97 Å². The Morgan fingerprint density at radius 1 is 1.14 bits per heavy atom. The number of ketones is 1. The first-order chi connectivity index (χ1) is 13.2. The number of carbonyl (C=O) groups is 2. The lowest BCUT2D eigenvalue weighted by atomic mass is 9.44. The fraction of sp³-hybridized carbons (Fsp3) is 0.917. The summed E-state index contributed by atoms with van der Waals surface area (Å²) in [7, 11) is 0. The van der Waals surface area contributed by atoms with E-state index in [-0.39, 0.29) is 23.4 Å². The third-order valence-corrected chi connectivity index (χ3v) is 10.1. The molecule has 0 radical (unpaired) electrons. The summed E-state index contributed by atoms with van der Waals surface area (Å²) in [5.74, 6) is 2.52. The van der Waals surface area contributed by atoms with Crippen molar-refractivity contribution in [3.05, 3.63) is 0 Å². The monoisotopic (exact) mass is 390 g/mol. The van der Waals surface area contributed by atoms with Crippen molar-refractivity contribution in [2.45, 2.75) is 91.1 Å². The molecule has 0 aromatic rings. The molecule has 0 aliphatic heterocycles. The van der Waals surface area contributed by atoms with E-state index in [0.717, 1.165) is 32.1 Å². The fourth-order valence-electron chi connectivity index (χ4n) is 8.54. The Bertz CT molecular complexity index is 645. The number of fused-ring (bicyclic) bond motifs is 5. The maximum Gasteiger partial charge on any atom is 0.303 e. The third kappa shape index (κ3) is 3.05. The van der Waals surface area contributed by atoms with Gasteiger partial charge in [-0.25, -0.2) is 0 Å². The summed E-state index contributed by atoms with van der Waals surface area (Å²) in [4.78, 5) is 23.1. The van der Waals surface area contributed by atoms with E-state index >= 15 is 0 Å². The van der Waals surface area contributed by atoms with Gasteiger partial charge in [-0.05, 0) is 91.3 Å². The van der Waals surface area contributed by atoms with Gasteiger partial charge in [-0.3, -0.25) is 9.59 Å². The number of rotatable bonds is 4. The quantitative estimate of drug-likeness (QED) is 0.730. The van der Waals surface area contributed by atoms with Crippen LogP contribution < -0.4 is 0 Å². The van der Waals surface area contributed by atoms with E-state index in [2.05, 4.69) is 20.8 Å². The van der Waals surface area contributed by atoms with Crippen molar-refractivity contribution in [1.29, 1.82) is 0 Å². The average Bonchev–Trinajstić information content (AvgIpc) is 2.98. The summed E-state index contributed by atoms with van der Waals surface area (Å²) in [6.45, 7) is 7.10. The van der Waals surface area contributed by atoms with E-state index in [0.29, 0.717) is 47.7 Å². The summed E-state index contributed by atoms with van der Waals surface area (Å²) in [6.07, 6.45) is 8.68. The van der Waals surface area contributed by atoms with E-state index in [1.54, 1.807) is 0 Å². The predicted molar refractivity (Wildman–Crippen MR) is 108 cm³/mol. The number of carbonyl (C=O) groups excluding carboxylic acids is 1. The lowest BCUT2D eigenvalue weighted by Gasteiger charge is -2.62. The SMILES string of the molecule is C[C@H](CCC(=O)O)C1CCC2C3C(CC[C@@]21C)[C@@]1(C)CCC(=O)CC1C[C@H]3O. The Labute approximate surface area is 169 Å². The van der Waals surface area contributed by atoms with E-state index in [9.17, 15) is 14.7 Å². The van der Waals surface area contributed by atoms with Crippen LogP contribution in [0.2, 0.25) is 0 Å². The standard InChI is InChI=1S/C24H38O4/c1-14(4-7-21(27)28)17-5-6-18-22-19(9-11-24(17,18)3)23(2)10-8-16(25)12-15(23)13-20(22)26/h14-15,17-20,22,26H,4-13H2,1-3H3,(H,27,28)/t14-,15?,17?,18?,19?,20-,22?,23+,24-/m1/s1. The molecule has 0 bridgehead atoms.